The monoisotopic (exact) mass is 234 g/mol. The molecular weight excluding hydrogens is 220 g/mol. The van der Waals surface area contributed by atoms with Crippen LogP contribution in [0.25, 0.3) is 0 Å². The number of nitrogens with two attached hydrogens (primary N) is 1. The molecule has 0 atom stereocenters. The molecule has 1 aliphatic rings. The quantitative estimate of drug-likeness (QED) is 0.845. The summed E-state index contributed by atoms with van der Waals surface area (Å²) < 4.78 is 5.05. The number of anilines is 1. The predicted molar refractivity (Wildman–Crippen MR) is 63.1 cm³/mol. The van der Waals surface area contributed by atoms with Crippen molar-refractivity contribution in [3.8, 4) is 5.75 Å². The summed E-state index contributed by atoms with van der Waals surface area (Å²) in [6, 6.07) is 5.01. The number of carbonyl (C=O) groups excluding carboxylic acids is 2. The van der Waals surface area contributed by atoms with E-state index in [0.717, 1.165) is 6.42 Å². The van der Waals surface area contributed by atoms with E-state index in [9.17, 15) is 9.59 Å². The number of hydrogen-bond donors (Lipinski definition) is 1. The van der Waals surface area contributed by atoms with Crippen molar-refractivity contribution in [3.05, 3.63) is 23.8 Å². The number of benzene rings is 1. The predicted octanol–water partition coefficient (Wildman–Crippen LogP) is 0.921. The van der Waals surface area contributed by atoms with E-state index in [4.69, 9.17) is 10.5 Å². The largest absolute Gasteiger partial charge is 0.496 e. The van der Waals surface area contributed by atoms with Gasteiger partial charge in [0.25, 0.3) is 5.91 Å². The Morgan fingerprint density at radius 3 is 2.76 bits per heavy atom. The number of nitrogens with zero attached hydrogens (tertiary/aromatic N) is 1. The number of rotatable bonds is 3. The highest BCUT2D eigenvalue weighted by molar-refractivity contribution is 6.00. The summed E-state index contributed by atoms with van der Waals surface area (Å²) in [7, 11) is 1.47. The minimum atomic E-state index is -0.560. The average Bonchev–Trinajstić information content (AvgIpc) is 2.74. The third kappa shape index (κ3) is 2.08. The molecule has 1 heterocycles. The van der Waals surface area contributed by atoms with Gasteiger partial charge in [-0.1, -0.05) is 0 Å². The van der Waals surface area contributed by atoms with Crippen LogP contribution in [0.2, 0.25) is 0 Å². The molecule has 0 bridgehead atoms. The fourth-order valence-corrected chi connectivity index (χ4v) is 1.98. The summed E-state index contributed by atoms with van der Waals surface area (Å²) >= 11 is 0. The number of methoxy groups -OCH3 is 1. The zero-order valence-corrected chi connectivity index (χ0v) is 9.60. The van der Waals surface area contributed by atoms with Crippen molar-refractivity contribution in [2.24, 2.45) is 5.73 Å². The van der Waals surface area contributed by atoms with Gasteiger partial charge in [-0.15, -0.1) is 0 Å². The Labute approximate surface area is 99.2 Å². The minimum Gasteiger partial charge on any atom is -0.496 e. The Hall–Kier alpha value is -2.04. The molecule has 0 aliphatic carbocycles. The van der Waals surface area contributed by atoms with Crippen LogP contribution in [0.4, 0.5) is 5.69 Å². The van der Waals surface area contributed by atoms with Crippen molar-refractivity contribution in [2.75, 3.05) is 18.6 Å². The van der Waals surface area contributed by atoms with Gasteiger partial charge in [0.2, 0.25) is 5.91 Å². The van der Waals surface area contributed by atoms with E-state index in [1.54, 1.807) is 23.1 Å². The fourth-order valence-electron chi connectivity index (χ4n) is 1.98. The van der Waals surface area contributed by atoms with Crippen LogP contribution < -0.4 is 15.4 Å². The van der Waals surface area contributed by atoms with Crippen LogP contribution in [0.1, 0.15) is 23.2 Å². The van der Waals surface area contributed by atoms with Crippen molar-refractivity contribution in [1.82, 2.24) is 0 Å². The van der Waals surface area contributed by atoms with Crippen molar-refractivity contribution in [2.45, 2.75) is 12.8 Å². The lowest BCUT2D eigenvalue weighted by Gasteiger charge is -2.17. The maximum atomic E-state index is 11.6. The van der Waals surface area contributed by atoms with E-state index in [2.05, 4.69) is 0 Å². The standard InChI is InChI=1S/C12H14N2O3/c1-17-10-5-4-8(7-9(10)12(13)16)14-6-2-3-11(14)15/h4-5,7H,2-3,6H2,1H3,(H2,13,16). The number of ether oxygens (including phenoxy) is 1. The summed E-state index contributed by atoms with van der Waals surface area (Å²) in [5.74, 6) is -0.0613. The van der Waals surface area contributed by atoms with E-state index >= 15 is 0 Å². The molecule has 0 spiro atoms. The van der Waals surface area contributed by atoms with Crippen LogP contribution in [-0.2, 0) is 4.79 Å². The first-order valence-electron chi connectivity index (χ1n) is 5.41. The molecule has 0 saturated carbocycles. The highest BCUT2D eigenvalue weighted by atomic mass is 16.5. The van der Waals surface area contributed by atoms with E-state index in [0.29, 0.717) is 30.0 Å². The topological polar surface area (TPSA) is 72.6 Å². The van der Waals surface area contributed by atoms with Gasteiger partial charge in [0, 0.05) is 18.7 Å². The van der Waals surface area contributed by atoms with Gasteiger partial charge in [0.1, 0.15) is 5.75 Å². The Morgan fingerprint density at radius 1 is 1.47 bits per heavy atom. The van der Waals surface area contributed by atoms with Crippen LogP contribution in [0.15, 0.2) is 18.2 Å². The second kappa shape index (κ2) is 4.45. The Bertz CT molecular complexity index is 471. The summed E-state index contributed by atoms with van der Waals surface area (Å²) in [5, 5.41) is 0. The summed E-state index contributed by atoms with van der Waals surface area (Å²) in [6.45, 7) is 0.684. The van der Waals surface area contributed by atoms with Crippen molar-refractivity contribution in [3.63, 3.8) is 0 Å². The lowest BCUT2D eigenvalue weighted by molar-refractivity contribution is -0.117. The van der Waals surface area contributed by atoms with E-state index in [1.165, 1.54) is 7.11 Å². The van der Waals surface area contributed by atoms with Crippen LogP contribution in [0.5, 0.6) is 5.75 Å². The van der Waals surface area contributed by atoms with Gasteiger partial charge in [-0.25, -0.2) is 0 Å². The maximum absolute atomic E-state index is 11.6. The van der Waals surface area contributed by atoms with Crippen molar-refractivity contribution >= 4 is 17.5 Å². The Morgan fingerprint density at radius 2 is 2.24 bits per heavy atom. The average molecular weight is 234 g/mol. The Balaban J connectivity index is 2.40. The fraction of sp³-hybridized carbons (Fsp3) is 0.333. The normalized spacial score (nSPS) is 15.1. The van der Waals surface area contributed by atoms with Gasteiger partial charge in [-0.3, -0.25) is 9.59 Å². The first kappa shape index (κ1) is 11.4. The van der Waals surface area contributed by atoms with E-state index in [-0.39, 0.29) is 5.91 Å². The lowest BCUT2D eigenvalue weighted by atomic mass is 10.1. The molecule has 1 aromatic carbocycles. The molecule has 1 aliphatic heterocycles. The minimum absolute atomic E-state index is 0.0746. The summed E-state index contributed by atoms with van der Waals surface area (Å²) in [4.78, 5) is 24.5. The van der Waals surface area contributed by atoms with E-state index in [1.807, 2.05) is 0 Å². The number of amides is 2. The van der Waals surface area contributed by atoms with E-state index < -0.39 is 5.91 Å². The molecular formula is C12H14N2O3. The van der Waals surface area contributed by atoms with Crippen LogP contribution in [-0.4, -0.2) is 25.5 Å². The highest BCUT2D eigenvalue weighted by Crippen LogP contribution is 2.27. The molecule has 17 heavy (non-hydrogen) atoms. The zero-order chi connectivity index (χ0) is 12.4. The molecule has 0 unspecified atom stereocenters. The molecule has 1 aromatic rings. The maximum Gasteiger partial charge on any atom is 0.252 e. The van der Waals surface area contributed by atoms with Crippen molar-refractivity contribution < 1.29 is 14.3 Å². The SMILES string of the molecule is COc1ccc(N2CCCC2=O)cc1C(N)=O. The Kier molecular flexibility index (Phi) is 2.99. The number of hydrogen-bond acceptors (Lipinski definition) is 3. The van der Waals surface area contributed by atoms with Crippen LogP contribution in [0, 0.1) is 0 Å². The van der Waals surface area contributed by atoms with Gasteiger partial charge in [-0.05, 0) is 24.6 Å². The van der Waals surface area contributed by atoms with Gasteiger partial charge in [0.05, 0.1) is 12.7 Å². The van der Waals surface area contributed by atoms with Gasteiger partial charge in [0.15, 0.2) is 0 Å². The third-order valence-electron chi connectivity index (χ3n) is 2.83. The smallest absolute Gasteiger partial charge is 0.252 e. The van der Waals surface area contributed by atoms with Crippen LogP contribution >= 0.6 is 0 Å². The van der Waals surface area contributed by atoms with Crippen molar-refractivity contribution in [1.29, 1.82) is 0 Å². The third-order valence-corrected chi connectivity index (χ3v) is 2.83. The second-order valence-corrected chi connectivity index (χ2v) is 3.90. The summed E-state index contributed by atoms with van der Waals surface area (Å²) in [6.07, 6.45) is 1.40. The first-order chi connectivity index (χ1) is 8.13. The molecule has 90 valence electrons. The van der Waals surface area contributed by atoms with Gasteiger partial charge < -0.3 is 15.4 Å². The second-order valence-electron chi connectivity index (χ2n) is 3.90. The molecule has 5 nitrogen and oxygen atoms in total. The summed E-state index contributed by atoms with van der Waals surface area (Å²) in [5.41, 5.74) is 6.26. The molecule has 1 fully saturated rings. The van der Waals surface area contributed by atoms with Gasteiger partial charge >= 0.3 is 0 Å². The molecule has 2 N–H and O–H groups in total. The lowest BCUT2D eigenvalue weighted by Crippen LogP contribution is -2.24. The molecule has 1 saturated heterocycles. The van der Waals surface area contributed by atoms with Gasteiger partial charge in [-0.2, -0.15) is 0 Å². The molecule has 2 rings (SSSR count). The molecule has 0 radical (unpaired) electrons. The van der Waals surface area contributed by atoms with Crippen LogP contribution in [0.3, 0.4) is 0 Å². The molecule has 5 heteroatoms. The number of primary amides is 1. The molecule has 0 aromatic heterocycles. The molecule has 2 amide bonds. The highest BCUT2D eigenvalue weighted by Gasteiger charge is 2.23. The zero-order valence-electron chi connectivity index (χ0n) is 9.60. The number of carbonyl (C=O) groups is 2. The first-order valence-corrected chi connectivity index (χ1v) is 5.41.